The molecule has 22 heavy (non-hydrogen) atoms. The number of anilines is 2. The van der Waals surface area contributed by atoms with Crippen molar-refractivity contribution >= 4 is 17.6 Å². The van der Waals surface area contributed by atoms with Gasteiger partial charge in [-0.1, -0.05) is 0 Å². The average molecular weight is 304 g/mol. The van der Waals surface area contributed by atoms with Crippen molar-refractivity contribution in [2.24, 2.45) is 5.92 Å². The molecule has 0 saturated carbocycles. The fourth-order valence-electron chi connectivity index (χ4n) is 3.27. The summed E-state index contributed by atoms with van der Waals surface area (Å²) in [5.41, 5.74) is 0. The number of nitrogens with zero attached hydrogens (tertiary/aromatic N) is 4. The lowest BCUT2D eigenvalue weighted by Crippen LogP contribution is -2.40. The number of carbonyl (C=O) groups is 1. The van der Waals surface area contributed by atoms with E-state index in [1.165, 1.54) is 12.8 Å². The molecular formula is C16H24N4O2. The van der Waals surface area contributed by atoms with Crippen molar-refractivity contribution in [2.75, 3.05) is 42.6 Å². The molecule has 0 amide bonds. The average Bonchev–Trinajstić information content (AvgIpc) is 3.10. The first-order chi connectivity index (χ1) is 10.8. The lowest BCUT2D eigenvalue weighted by Gasteiger charge is -2.32. The van der Waals surface area contributed by atoms with E-state index in [1.54, 1.807) is 6.33 Å². The molecule has 3 rings (SSSR count). The Labute approximate surface area is 131 Å². The summed E-state index contributed by atoms with van der Waals surface area (Å²) in [4.78, 5) is 25.3. The van der Waals surface area contributed by atoms with Gasteiger partial charge in [0.15, 0.2) is 0 Å². The van der Waals surface area contributed by atoms with Gasteiger partial charge in [-0.3, -0.25) is 4.79 Å². The van der Waals surface area contributed by atoms with E-state index in [9.17, 15) is 4.79 Å². The van der Waals surface area contributed by atoms with E-state index in [2.05, 4.69) is 25.8 Å². The van der Waals surface area contributed by atoms with Gasteiger partial charge in [0.05, 0.1) is 12.5 Å². The summed E-state index contributed by atoms with van der Waals surface area (Å²) in [5, 5.41) is 0. The molecule has 1 aromatic heterocycles. The molecule has 0 aliphatic carbocycles. The standard InChI is InChI=1S/C16H24N4O2/c1-2-22-16(21)13-6-5-9-20(11-13)15-10-14(17-12-18-15)19-7-3-4-8-19/h10,12-13H,2-9,11H2,1H3. The number of ether oxygens (including phenoxy) is 1. The predicted octanol–water partition coefficient (Wildman–Crippen LogP) is 1.86. The Bertz CT molecular complexity index is 517. The molecule has 1 unspecified atom stereocenters. The van der Waals surface area contributed by atoms with Crippen molar-refractivity contribution in [2.45, 2.75) is 32.6 Å². The number of piperidine rings is 1. The fraction of sp³-hybridized carbons (Fsp3) is 0.688. The number of hydrogen-bond acceptors (Lipinski definition) is 6. The van der Waals surface area contributed by atoms with Gasteiger partial charge in [-0.15, -0.1) is 0 Å². The smallest absolute Gasteiger partial charge is 0.310 e. The first-order valence-electron chi connectivity index (χ1n) is 8.26. The highest BCUT2D eigenvalue weighted by Crippen LogP contribution is 2.25. The minimum Gasteiger partial charge on any atom is -0.466 e. The summed E-state index contributed by atoms with van der Waals surface area (Å²) in [5.74, 6) is 1.80. The number of esters is 1. The van der Waals surface area contributed by atoms with E-state index in [-0.39, 0.29) is 11.9 Å². The molecule has 2 aliphatic rings. The summed E-state index contributed by atoms with van der Waals surface area (Å²) in [6.07, 6.45) is 5.99. The minimum atomic E-state index is -0.0824. The molecule has 6 heteroatoms. The molecule has 3 heterocycles. The fourth-order valence-corrected chi connectivity index (χ4v) is 3.27. The minimum absolute atomic E-state index is 0.0427. The third-order valence-electron chi connectivity index (χ3n) is 4.43. The van der Waals surface area contributed by atoms with Crippen molar-refractivity contribution in [3.8, 4) is 0 Å². The van der Waals surface area contributed by atoms with Crippen LogP contribution in [0.3, 0.4) is 0 Å². The van der Waals surface area contributed by atoms with Crippen LogP contribution in [0.2, 0.25) is 0 Å². The third kappa shape index (κ3) is 3.31. The van der Waals surface area contributed by atoms with Crippen LogP contribution in [0.1, 0.15) is 32.6 Å². The largest absolute Gasteiger partial charge is 0.466 e. The molecule has 2 fully saturated rings. The summed E-state index contributed by atoms with van der Waals surface area (Å²) >= 11 is 0. The van der Waals surface area contributed by atoms with Crippen LogP contribution >= 0.6 is 0 Å². The highest BCUT2D eigenvalue weighted by molar-refractivity contribution is 5.73. The van der Waals surface area contributed by atoms with Crippen LogP contribution in [-0.2, 0) is 9.53 Å². The van der Waals surface area contributed by atoms with Gasteiger partial charge >= 0.3 is 5.97 Å². The Morgan fingerprint density at radius 1 is 1.18 bits per heavy atom. The first kappa shape index (κ1) is 15.1. The van der Waals surface area contributed by atoms with Gasteiger partial charge in [-0.2, -0.15) is 0 Å². The summed E-state index contributed by atoms with van der Waals surface area (Å²) < 4.78 is 5.16. The molecule has 1 atom stereocenters. The summed E-state index contributed by atoms with van der Waals surface area (Å²) in [6, 6.07) is 2.05. The number of rotatable bonds is 4. The zero-order valence-corrected chi connectivity index (χ0v) is 13.2. The molecule has 1 aromatic rings. The molecular weight excluding hydrogens is 280 g/mol. The van der Waals surface area contributed by atoms with Crippen molar-refractivity contribution in [1.29, 1.82) is 0 Å². The van der Waals surface area contributed by atoms with Gasteiger partial charge in [0.25, 0.3) is 0 Å². The Hall–Kier alpha value is -1.85. The maximum absolute atomic E-state index is 12.0. The quantitative estimate of drug-likeness (QED) is 0.791. The van der Waals surface area contributed by atoms with Crippen molar-refractivity contribution < 1.29 is 9.53 Å². The van der Waals surface area contributed by atoms with E-state index in [0.717, 1.165) is 44.1 Å². The van der Waals surface area contributed by atoms with Crippen LogP contribution in [0, 0.1) is 5.92 Å². The Morgan fingerprint density at radius 2 is 1.86 bits per heavy atom. The zero-order valence-electron chi connectivity index (χ0n) is 13.2. The molecule has 0 N–H and O–H groups in total. The SMILES string of the molecule is CCOC(=O)C1CCCN(c2cc(N3CCCC3)ncn2)C1. The normalized spacial score (nSPS) is 22.0. The summed E-state index contributed by atoms with van der Waals surface area (Å²) in [6.45, 7) is 6.07. The molecule has 2 aliphatic heterocycles. The van der Waals surface area contributed by atoms with E-state index in [0.29, 0.717) is 13.2 Å². The van der Waals surface area contributed by atoms with Gasteiger partial charge < -0.3 is 14.5 Å². The highest BCUT2D eigenvalue weighted by atomic mass is 16.5. The molecule has 0 spiro atoms. The maximum atomic E-state index is 12.0. The second-order valence-corrected chi connectivity index (χ2v) is 5.97. The molecule has 6 nitrogen and oxygen atoms in total. The molecule has 2 saturated heterocycles. The van der Waals surface area contributed by atoms with E-state index in [1.807, 2.05) is 6.92 Å². The first-order valence-corrected chi connectivity index (χ1v) is 8.26. The lowest BCUT2D eigenvalue weighted by molar-refractivity contribution is -0.148. The van der Waals surface area contributed by atoms with Crippen LogP contribution in [0.25, 0.3) is 0 Å². The second-order valence-electron chi connectivity index (χ2n) is 5.97. The van der Waals surface area contributed by atoms with Gasteiger partial charge in [-0.05, 0) is 32.6 Å². The molecule has 0 radical (unpaired) electrons. The Balaban J connectivity index is 1.70. The van der Waals surface area contributed by atoms with Crippen LogP contribution in [0.15, 0.2) is 12.4 Å². The van der Waals surface area contributed by atoms with E-state index < -0.39 is 0 Å². The van der Waals surface area contributed by atoms with E-state index >= 15 is 0 Å². The number of hydrogen-bond donors (Lipinski definition) is 0. The molecule has 0 bridgehead atoms. The van der Waals surface area contributed by atoms with Gasteiger partial charge in [0.2, 0.25) is 0 Å². The number of carbonyl (C=O) groups excluding carboxylic acids is 1. The topological polar surface area (TPSA) is 58.6 Å². The van der Waals surface area contributed by atoms with Crippen LogP contribution in [0.5, 0.6) is 0 Å². The van der Waals surface area contributed by atoms with Gasteiger partial charge in [0.1, 0.15) is 18.0 Å². The van der Waals surface area contributed by atoms with Crippen molar-refractivity contribution in [3.63, 3.8) is 0 Å². The Kier molecular flexibility index (Phi) is 4.75. The summed E-state index contributed by atoms with van der Waals surface area (Å²) in [7, 11) is 0. The number of aromatic nitrogens is 2. The maximum Gasteiger partial charge on any atom is 0.310 e. The molecule has 120 valence electrons. The predicted molar refractivity (Wildman–Crippen MR) is 85.0 cm³/mol. The van der Waals surface area contributed by atoms with Gasteiger partial charge in [0, 0.05) is 32.2 Å². The van der Waals surface area contributed by atoms with Crippen molar-refractivity contribution in [1.82, 2.24) is 9.97 Å². The van der Waals surface area contributed by atoms with Crippen molar-refractivity contribution in [3.05, 3.63) is 12.4 Å². The van der Waals surface area contributed by atoms with Gasteiger partial charge in [-0.25, -0.2) is 9.97 Å². The monoisotopic (exact) mass is 304 g/mol. The highest BCUT2D eigenvalue weighted by Gasteiger charge is 2.28. The van der Waals surface area contributed by atoms with Crippen LogP contribution in [-0.4, -0.2) is 48.7 Å². The van der Waals surface area contributed by atoms with Crippen LogP contribution < -0.4 is 9.80 Å². The van der Waals surface area contributed by atoms with Crippen LogP contribution in [0.4, 0.5) is 11.6 Å². The molecule has 0 aromatic carbocycles. The lowest BCUT2D eigenvalue weighted by atomic mass is 9.98. The second kappa shape index (κ2) is 6.94. The zero-order chi connectivity index (χ0) is 15.4. The Morgan fingerprint density at radius 3 is 2.59 bits per heavy atom. The third-order valence-corrected chi connectivity index (χ3v) is 4.43. The van der Waals surface area contributed by atoms with E-state index in [4.69, 9.17) is 4.74 Å².